The number of thioether (sulfide) groups is 1. The topological polar surface area (TPSA) is 70.0 Å². The van der Waals surface area contributed by atoms with Gasteiger partial charge in [0.1, 0.15) is 34.9 Å². The van der Waals surface area contributed by atoms with Gasteiger partial charge in [-0.05, 0) is 66.7 Å². The van der Waals surface area contributed by atoms with Crippen LogP contribution in [0.4, 0.5) is 22.0 Å². The van der Waals surface area contributed by atoms with Crippen molar-refractivity contribution in [3.05, 3.63) is 81.4 Å². The second-order valence-electron chi connectivity index (χ2n) is 10.1. The van der Waals surface area contributed by atoms with Gasteiger partial charge in [0.15, 0.2) is 9.09 Å². The van der Waals surface area contributed by atoms with Crippen molar-refractivity contribution in [1.82, 2.24) is 25.6 Å². The van der Waals surface area contributed by atoms with Gasteiger partial charge in [-0.15, -0.1) is 0 Å². The summed E-state index contributed by atoms with van der Waals surface area (Å²) >= 11 is 11.6. The number of thiocarbonyl (C=S) groups is 1. The van der Waals surface area contributed by atoms with Crippen LogP contribution in [0.15, 0.2) is 41.4 Å². The van der Waals surface area contributed by atoms with Crippen molar-refractivity contribution in [3.8, 4) is 0 Å². The fraction of sp³-hybridized carbons (Fsp3) is 0.385. The Labute approximate surface area is 243 Å². The monoisotopic (exact) mass is 613 g/mol. The van der Waals surface area contributed by atoms with Crippen molar-refractivity contribution in [2.45, 2.75) is 36.1 Å². The Morgan fingerprint density at radius 1 is 1.02 bits per heavy atom. The number of aromatic amines is 1. The molecule has 4 atom stereocenters. The minimum Gasteiger partial charge on any atom is -0.303 e. The normalized spacial score (nSPS) is 26.4. The SMILES string of the molecule is CSC(=S)NNC1=NC[C@@]2(c3cc(F)cc(F)c3)C[C@@H]12.Fc1cc(F)cc([C@]23C[C@H]2c2n[nH]c(=S)n2C3)c1.[2H]CF. The molecule has 2 aromatic carbocycles. The third kappa shape index (κ3) is 5.05. The lowest BCUT2D eigenvalue weighted by molar-refractivity contribution is 0.548. The first-order chi connectivity index (χ1) is 19.6. The number of fused-ring (bicyclic) bond motifs is 4. The molecule has 6 nitrogen and oxygen atoms in total. The number of aliphatic imine (C=N–C) groups is 1. The van der Waals surface area contributed by atoms with Gasteiger partial charge in [-0.1, -0.05) is 24.0 Å². The lowest BCUT2D eigenvalue weighted by atomic mass is 9.94. The third-order valence-electron chi connectivity index (χ3n) is 7.90. The van der Waals surface area contributed by atoms with E-state index in [4.69, 9.17) is 25.8 Å². The number of halogens is 5. The highest BCUT2D eigenvalue weighted by molar-refractivity contribution is 8.22. The summed E-state index contributed by atoms with van der Waals surface area (Å²) in [6, 6.07) is 7.44. The number of benzene rings is 2. The molecule has 7 rings (SSSR count). The van der Waals surface area contributed by atoms with Crippen molar-refractivity contribution < 1.29 is 23.3 Å². The molecule has 4 aliphatic rings. The Morgan fingerprint density at radius 2 is 1.57 bits per heavy atom. The molecule has 2 aliphatic carbocycles. The molecule has 0 spiro atoms. The van der Waals surface area contributed by atoms with Crippen molar-refractivity contribution in [3.63, 3.8) is 0 Å². The van der Waals surface area contributed by atoms with E-state index in [1.807, 2.05) is 10.8 Å². The second-order valence-corrected chi connectivity index (χ2v) is 11.9. The van der Waals surface area contributed by atoms with Crippen LogP contribution in [0.1, 0.15) is 37.1 Å². The van der Waals surface area contributed by atoms with Crippen LogP contribution in [0.25, 0.3) is 0 Å². The molecule has 0 bridgehead atoms. The Balaban J connectivity index is 0.000000151. The van der Waals surface area contributed by atoms with E-state index < -0.39 is 30.4 Å². The zero-order valence-corrected chi connectivity index (χ0v) is 23.6. The maximum absolute atomic E-state index is 13.3. The van der Waals surface area contributed by atoms with Crippen molar-refractivity contribution in [1.29, 1.82) is 0 Å². The number of nitrogens with zero attached hydrogens (tertiary/aromatic N) is 3. The molecule has 3 aromatic rings. The Hall–Kier alpha value is -2.84. The lowest BCUT2D eigenvalue weighted by Crippen LogP contribution is -2.40. The average molecular weight is 614 g/mol. The van der Waals surface area contributed by atoms with Gasteiger partial charge in [0, 0.05) is 41.3 Å². The number of amidine groups is 1. The predicted molar refractivity (Wildman–Crippen MR) is 151 cm³/mol. The maximum atomic E-state index is 13.3. The van der Waals surface area contributed by atoms with Crippen LogP contribution < -0.4 is 10.9 Å². The van der Waals surface area contributed by atoms with Crippen LogP contribution in [0.2, 0.25) is 0 Å². The fourth-order valence-corrected chi connectivity index (χ4v) is 6.23. The quantitative estimate of drug-likeness (QED) is 0.198. The molecule has 40 heavy (non-hydrogen) atoms. The van der Waals surface area contributed by atoms with Crippen LogP contribution in [0.5, 0.6) is 0 Å². The summed E-state index contributed by atoms with van der Waals surface area (Å²) in [6.45, 7) is 1.21. The average Bonchev–Trinajstić information content (AvgIpc) is 3.71. The number of alkyl halides is 1. The highest BCUT2D eigenvalue weighted by atomic mass is 32.2. The number of rotatable bonds is 2. The summed E-state index contributed by atoms with van der Waals surface area (Å²) in [6.07, 6.45) is 3.62. The first kappa shape index (κ1) is 27.3. The van der Waals surface area contributed by atoms with Crippen LogP contribution >= 0.6 is 36.2 Å². The summed E-state index contributed by atoms with van der Waals surface area (Å²) < 4.78 is 71.9. The van der Waals surface area contributed by atoms with E-state index in [-0.39, 0.29) is 22.7 Å². The van der Waals surface area contributed by atoms with Gasteiger partial charge in [-0.25, -0.2) is 17.6 Å². The Bertz CT molecular complexity index is 1540. The Morgan fingerprint density at radius 3 is 2.10 bits per heavy atom. The summed E-state index contributed by atoms with van der Waals surface area (Å²) in [7, 11) is -1.00. The maximum Gasteiger partial charge on any atom is 0.195 e. The summed E-state index contributed by atoms with van der Waals surface area (Å²) in [5, 5.41) is 6.95. The summed E-state index contributed by atoms with van der Waals surface area (Å²) in [5.41, 5.74) is 6.84. The van der Waals surface area contributed by atoms with Gasteiger partial charge in [0.25, 0.3) is 0 Å². The molecule has 0 amide bonds. The van der Waals surface area contributed by atoms with Crippen LogP contribution in [-0.4, -0.2) is 44.9 Å². The van der Waals surface area contributed by atoms with E-state index in [9.17, 15) is 22.0 Å². The highest BCUT2D eigenvalue weighted by Crippen LogP contribution is 2.65. The number of nitrogens with one attached hydrogen (secondary N) is 3. The standard InChI is InChI=1S/C13H13F2N3S2.C12H9F2N3S.CH3F/c1-20-12(19)18-17-11-10-5-13(10,6-16-11)7-2-8(14)4-9(15)3-7;13-7-1-6(2-8(14)3-7)12-4-9(12)10-15-16-11(18)17(10)5-12;1-2/h2-4,10H,5-6H2,1H3,(H,16,17)(H,18,19);1-3,9H,4-5H2,(H,16,18);1H3/t10-,13+;9-,12+;/m00./s1/i;;1D. The number of hydrogen-bond donors (Lipinski definition) is 3. The molecule has 1 aromatic heterocycles. The lowest BCUT2D eigenvalue weighted by Gasteiger charge is -2.13. The third-order valence-corrected chi connectivity index (χ3v) is 9.29. The molecule has 212 valence electrons. The first-order valence-electron chi connectivity index (χ1n) is 12.9. The van der Waals surface area contributed by atoms with E-state index in [0.29, 0.717) is 33.3 Å². The van der Waals surface area contributed by atoms with Crippen molar-refractivity contribution >= 4 is 46.4 Å². The van der Waals surface area contributed by atoms with Crippen LogP contribution in [0, 0.1) is 34.0 Å². The molecule has 2 fully saturated rings. The molecule has 0 unspecified atom stereocenters. The fourth-order valence-electron chi connectivity index (χ4n) is 5.82. The van der Waals surface area contributed by atoms with Crippen LogP contribution in [-0.2, 0) is 17.4 Å². The van der Waals surface area contributed by atoms with E-state index in [1.54, 1.807) is 0 Å². The zero-order valence-electron chi connectivity index (χ0n) is 22.1. The van der Waals surface area contributed by atoms with Gasteiger partial charge in [0.2, 0.25) is 0 Å². The molecule has 2 aliphatic heterocycles. The van der Waals surface area contributed by atoms with E-state index in [1.165, 1.54) is 36.0 Å². The van der Waals surface area contributed by atoms with Gasteiger partial charge >= 0.3 is 0 Å². The zero-order chi connectivity index (χ0) is 29.5. The van der Waals surface area contributed by atoms with E-state index in [0.717, 1.165) is 36.6 Å². The molecule has 3 heterocycles. The van der Waals surface area contributed by atoms with E-state index >= 15 is 0 Å². The number of hydrazine groups is 1. The van der Waals surface area contributed by atoms with Crippen molar-refractivity contribution in [2.75, 3.05) is 20.0 Å². The number of H-pyrrole nitrogens is 1. The minimum absolute atomic E-state index is 0.181. The van der Waals surface area contributed by atoms with Gasteiger partial charge in [-0.2, -0.15) is 5.10 Å². The molecular weight excluding hydrogens is 588 g/mol. The largest absolute Gasteiger partial charge is 0.303 e. The molecule has 0 radical (unpaired) electrons. The molecule has 3 N–H and O–H groups in total. The highest BCUT2D eigenvalue weighted by Gasteiger charge is 2.63. The van der Waals surface area contributed by atoms with Gasteiger partial charge < -0.3 is 4.57 Å². The van der Waals surface area contributed by atoms with Crippen molar-refractivity contribution in [2.24, 2.45) is 10.9 Å². The number of hydrogen-bond acceptors (Lipinski definition) is 6. The number of aromatic nitrogens is 3. The van der Waals surface area contributed by atoms with Gasteiger partial charge in [0.05, 0.1) is 15.1 Å². The van der Waals surface area contributed by atoms with E-state index in [2.05, 4.69) is 26.0 Å². The molecular formula is C26H25F5N6S3. The second kappa shape index (κ2) is 10.9. The minimum atomic E-state index is -1.00. The molecule has 2 saturated carbocycles. The first-order valence-corrected chi connectivity index (χ1v) is 14.2. The molecule has 14 heteroatoms. The molecule has 0 saturated heterocycles. The van der Waals surface area contributed by atoms with Crippen LogP contribution in [0.3, 0.4) is 0 Å². The summed E-state index contributed by atoms with van der Waals surface area (Å²) in [5.74, 6) is -0.00562. The summed E-state index contributed by atoms with van der Waals surface area (Å²) in [4.78, 5) is 4.41. The predicted octanol–water partition coefficient (Wildman–Crippen LogP) is 5.62. The van der Waals surface area contributed by atoms with Gasteiger partial charge in [-0.3, -0.25) is 25.3 Å². The Kier molecular flexibility index (Phi) is 7.42. The smallest absolute Gasteiger partial charge is 0.195 e.